The van der Waals surface area contributed by atoms with E-state index >= 15 is 0 Å². The molecule has 0 saturated heterocycles. The summed E-state index contributed by atoms with van der Waals surface area (Å²) >= 11 is 0. The first-order valence-corrected chi connectivity index (χ1v) is 18.6. The lowest BCUT2D eigenvalue weighted by atomic mass is 9.81. The molecule has 1 nitrogen and oxygen atoms in total. The fraction of sp³-hybridized carbons (Fsp3) is 0.224. The molecule has 0 radical (unpaired) electrons. The highest BCUT2D eigenvalue weighted by Crippen LogP contribution is 2.52. The van der Waals surface area contributed by atoms with Crippen molar-refractivity contribution in [3.8, 4) is 22.3 Å². The van der Waals surface area contributed by atoms with Crippen LogP contribution in [-0.2, 0) is 18.3 Å². The lowest BCUT2D eigenvalue weighted by molar-refractivity contribution is 0.658. The van der Waals surface area contributed by atoms with Crippen molar-refractivity contribution in [3.63, 3.8) is 0 Å². The van der Waals surface area contributed by atoms with Crippen LogP contribution in [0.1, 0.15) is 75.6 Å². The minimum absolute atomic E-state index is 0.0912. The Bertz CT molecular complexity index is 2310. The molecule has 248 valence electrons. The Labute approximate surface area is 298 Å². The number of nitrogens with zero attached hydrogens (tertiary/aromatic N) is 1. The van der Waals surface area contributed by atoms with E-state index in [9.17, 15) is 0 Å². The number of aryl methyl sites for hydroxylation is 2. The average molecular weight is 650 g/mol. The van der Waals surface area contributed by atoms with Gasteiger partial charge in [-0.1, -0.05) is 150 Å². The van der Waals surface area contributed by atoms with E-state index in [1.807, 2.05) is 0 Å². The van der Waals surface area contributed by atoms with E-state index < -0.39 is 0 Å². The van der Waals surface area contributed by atoms with Crippen LogP contribution in [0.5, 0.6) is 0 Å². The zero-order valence-corrected chi connectivity index (χ0v) is 30.0. The standard InChI is InChI=1S/C49H47N/c1-5-7-14-34-20-22-38-32-48(44-19-13-12-18-41(44)45(38)30-34)50(39-25-23-37(24-26-39)36-16-10-9-11-17-36)40-27-29-43-42-28-21-35(15-8-6-2)31-46(42)49(3,4)47(43)33-40/h9-13,16-33H,5-8,14-15H2,1-4H3. The molecular formula is C49H47N. The molecule has 1 aliphatic rings. The number of unbranched alkanes of at least 4 members (excludes halogenated alkanes) is 2. The second-order valence-corrected chi connectivity index (χ2v) is 14.7. The van der Waals surface area contributed by atoms with Crippen LogP contribution < -0.4 is 4.90 Å². The van der Waals surface area contributed by atoms with E-state index in [0.717, 1.165) is 18.5 Å². The molecule has 0 amide bonds. The number of benzene rings is 7. The highest BCUT2D eigenvalue weighted by atomic mass is 15.1. The van der Waals surface area contributed by atoms with Crippen molar-refractivity contribution in [1.29, 1.82) is 0 Å². The number of anilines is 3. The smallest absolute Gasteiger partial charge is 0.0546 e. The van der Waals surface area contributed by atoms with Crippen molar-refractivity contribution < 1.29 is 0 Å². The van der Waals surface area contributed by atoms with Gasteiger partial charge in [0.25, 0.3) is 0 Å². The van der Waals surface area contributed by atoms with Gasteiger partial charge < -0.3 is 4.90 Å². The molecule has 0 saturated carbocycles. The Balaban J connectivity index is 1.31. The van der Waals surface area contributed by atoms with Crippen molar-refractivity contribution in [2.24, 2.45) is 0 Å². The van der Waals surface area contributed by atoms with Crippen LogP contribution in [0.2, 0.25) is 0 Å². The minimum Gasteiger partial charge on any atom is -0.310 e. The van der Waals surface area contributed by atoms with Crippen molar-refractivity contribution in [1.82, 2.24) is 0 Å². The number of fused-ring (bicyclic) bond motifs is 6. The molecule has 0 aromatic heterocycles. The summed E-state index contributed by atoms with van der Waals surface area (Å²) in [6.45, 7) is 9.36. The van der Waals surface area contributed by atoms with E-state index in [1.54, 1.807) is 0 Å². The first-order valence-electron chi connectivity index (χ1n) is 18.6. The molecule has 50 heavy (non-hydrogen) atoms. The van der Waals surface area contributed by atoms with Crippen molar-refractivity contribution >= 4 is 38.6 Å². The summed E-state index contributed by atoms with van der Waals surface area (Å²) in [7, 11) is 0. The summed E-state index contributed by atoms with van der Waals surface area (Å²) in [6, 6.07) is 52.7. The minimum atomic E-state index is -0.0912. The summed E-state index contributed by atoms with van der Waals surface area (Å²) in [5.74, 6) is 0. The summed E-state index contributed by atoms with van der Waals surface area (Å²) in [6.07, 6.45) is 7.13. The van der Waals surface area contributed by atoms with Gasteiger partial charge in [-0.05, 0) is 117 Å². The zero-order valence-electron chi connectivity index (χ0n) is 30.0. The van der Waals surface area contributed by atoms with E-state index in [4.69, 9.17) is 0 Å². The van der Waals surface area contributed by atoms with Gasteiger partial charge in [-0.25, -0.2) is 0 Å². The lowest BCUT2D eigenvalue weighted by Gasteiger charge is -2.30. The maximum absolute atomic E-state index is 2.49. The number of hydrogen-bond donors (Lipinski definition) is 0. The van der Waals surface area contributed by atoms with Gasteiger partial charge in [0.05, 0.1) is 5.69 Å². The second-order valence-electron chi connectivity index (χ2n) is 14.7. The molecular weight excluding hydrogens is 603 g/mol. The van der Waals surface area contributed by atoms with E-state index in [-0.39, 0.29) is 5.41 Å². The fourth-order valence-electron chi connectivity index (χ4n) is 8.16. The molecule has 0 aliphatic heterocycles. The van der Waals surface area contributed by atoms with Crippen LogP contribution in [0, 0.1) is 0 Å². The Kier molecular flexibility index (Phi) is 8.53. The van der Waals surface area contributed by atoms with E-state index in [1.165, 1.54) is 103 Å². The summed E-state index contributed by atoms with van der Waals surface area (Å²) in [4.78, 5) is 2.49. The fourth-order valence-corrected chi connectivity index (χ4v) is 8.16. The van der Waals surface area contributed by atoms with Gasteiger partial charge in [-0.3, -0.25) is 0 Å². The highest BCUT2D eigenvalue weighted by molar-refractivity contribution is 6.14. The van der Waals surface area contributed by atoms with Crippen LogP contribution in [0.15, 0.2) is 140 Å². The van der Waals surface area contributed by atoms with Crippen LogP contribution in [0.4, 0.5) is 17.1 Å². The largest absolute Gasteiger partial charge is 0.310 e. The van der Waals surface area contributed by atoms with Gasteiger partial charge in [0, 0.05) is 22.2 Å². The third kappa shape index (κ3) is 5.69. The monoisotopic (exact) mass is 649 g/mol. The Morgan fingerprint density at radius 3 is 1.78 bits per heavy atom. The van der Waals surface area contributed by atoms with E-state index in [2.05, 4.69) is 172 Å². The topological polar surface area (TPSA) is 3.24 Å². The van der Waals surface area contributed by atoms with Crippen molar-refractivity contribution in [3.05, 3.63) is 162 Å². The average Bonchev–Trinajstić information content (AvgIpc) is 3.38. The lowest BCUT2D eigenvalue weighted by Crippen LogP contribution is -2.17. The molecule has 0 heterocycles. The van der Waals surface area contributed by atoms with Gasteiger partial charge >= 0.3 is 0 Å². The van der Waals surface area contributed by atoms with Gasteiger partial charge in [-0.15, -0.1) is 0 Å². The number of rotatable bonds is 10. The summed E-state index contributed by atoms with van der Waals surface area (Å²) < 4.78 is 0. The molecule has 7 aromatic carbocycles. The zero-order chi connectivity index (χ0) is 34.2. The first kappa shape index (κ1) is 32.1. The normalized spacial score (nSPS) is 13.0. The highest BCUT2D eigenvalue weighted by Gasteiger charge is 2.36. The van der Waals surface area contributed by atoms with Crippen LogP contribution in [0.25, 0.3) is 43.8 Å². The van der Waals surface area contributed by atoms with Gasteiger partial charge in [0.15, 0.2) is 0 Å². The Hall–Kier alpha value is -5.14. The molecule has 8 rings (SSSR count). The molecule has 1 aliphatic carbocycles. The third-order valence-corrected chi connectivity index (χ3v) is 11.0. The SMILES string of the molecule is CCCCc1ccc2c(c1)C(C)(C)c1cc(N(c3ccc(-c4ccccc4)cc3)c3cc4ccc(CCCC)cc4c4ccccc34)ccc1-2. The third-order valence-electron chi connectivity index (χ3n) is 11.0. The quantitative estimate of drug-likeness (QED) is 0.133. The maximum atomic E-state index is 2.49. The first-order chi connectivity index (χ1) is 24.5. The molecule has 7 aromatic rings. The van der Waals surface area contributed by atoms with Crippen molar-refractivity contribution in [2.75, 3.05) is 4.90 Å². The molecule has 0 bridgehead atoms. The second kappa shape index (κ2) is 13.3. The van der Waals surface area contributed by atoms with Crippen LogP contribution in [0.3, 0.4) is 0 Å². The predicted octanol–water partition coefficient (Wildman–Crippen LogP) is 14.1. The molecule has 0 N–H and O–H groups in total. The molecule has 0 spiro atoms. The summed E-state index contributed by atoms with van der Waals surface area (Å²) in [5.41, 5.74) is 14.4. The van der Waals surface area contributed by atoms with Crippen LogP contribution >= 0.6 is 0 Å². The summed E-state index contributed by atoms with van der Waals surface area (Å²) in [5, 5.41) is 5.18. The van der Waals surface area contributed by atoms with E-state index in [0.29, 0.717) is 0 Å². The van der Waals surface area contributed by atoms with Gasteiger partial charge in [0.2, 0.25) is 0 Å². The molecule has 0 atom stereocenters. The molecule has 0 unspecified atom stereocenters. The van der Waals surface area contributed by atoms with Crippen LogP contribution in [-0.4, -0.2) is 0 Å². The van der Waals surface area contributed by atoms with Gasteiger partial charge in [-0.2, -0.15) is 0 Å². The Morgan fingerprint density at radius 2 is 1.06 bits per heavy atom. The molecule has 0 fully saturated rings. The van der Waals surface area contributed by atoms with Crippen molar-refractivity contribution in [2.45, 2.75) is 71.6 Å². The Morgan fingerprint density at radius 1 is 0.480 bits per heavy atom. The number of hydrogen-bond acceptors (Lipinski definition) is 1. The maximum Gasteiger partial charge on any atom is 0.0546 e. The predicted molar refractivity (Wildman–Crippen MR) is 216 cm³/mol. The molecule has 1 heteroatoms. The van der Waals surface area contributed by atoms with Gasteiger partial charge in [0.1, 0.15) is 0 Å².